The van der Waals surface area contributed by atoms with Crippen LogP contribution in [0, 0.1) is 0 Å². The van der Waals surface area contributed by atoms with E-state index in [9.17, 15) is 18.0 Å². The number of benzene rings is 1. The number of nitrogens with zero attached hydrogens (tertiary/aromatic N) is 1. The maximum atomic E-state index is 11.9. The Morgan fingerprint density at radius 3 is 2.65 bits per heavy atom. The Morgan fingerprint density at radius 1 is 1.12 bits per heavy atom. The molecule has 0 atom stereocenters. The number of hydrogen-bond donors (Lipinski definition) is 2. The number of nitrogens with one attached hydrogen (secondary N) is 2. The van der Waals surface area contributed by atoms with E-state index in [-0.39, 0.29) is 17.3 Å². The molecule has 2 aromatic rings. The normalized spacial score (nSPS) is 11.1. The van der Waals surface area contributed by atoms with Crippen LogP contribution >= 0.6 is 0 Å². The third-order valence-electron chi connectivity index (χ3n) is 3.62. The number of anilines is 1. The predicted molar refractivity (Wildman–Crippen MR) is 102 cm³/mol. The number of hydrogen-bond acceptors (Lipinski definition) is 4. The number of carbonyl (C=O) groups is 1. The smallest absolute Gasteiger partial charge is 0.319 e. The molecule has 2 N–H and O–H groups in total. The fourth-order valence-electron chi connectivity index (χ4n) is 2.47. The minimum atomic E-state index is -3.12. The van der Waals surface area contributed by atoms with E-state index in [2.05, 4.69) is 10.6 Å². The van der Waals surface area contributed by atoms with Crippen molar-refractivity contribution in [2.75, 3.05) is 18.1 Å². The van der Waals surface area contributed by atoms with Gasteiger partial charge < -0.3 is 15.2 Å². The van der Waals surface area contributed by atoms with Crippen molar-refractivity contribution in [1.29, 1.82) is 0 Å². The highest BCUT2D eigenvalue weighted by molar-refractivity contribution is 7.89. The molecule has 7 nitrogen and oxygen atoms in total. The van der Waals surface area contributed by atoms with Crippen molar-refractivity contribution in [2.45, 2.75) is 25.1 Å². The summed E-state index contributed by atoms with van der Waals surface area (Å²) < 4.78 is 24.3. The highest BCUT2D eigenvalue weighted by Gasteiger charge is 2.06. The van der Waals surface area contributed by atoms with Gasteiger partial charge in [-0.3, -0.25) is 4.79 Å². The molecule has 0 spiro atoms. The molecule has 0 saturated heterocycles. The van der Waals surface area contributed by atoms with Gasteiger partial charge in [0.05, 0.1) is 5.75 Å². The van der Waals surface area contributed by atoms with Crippen LogP contribution in [0.15, 0.2) is 53.5 Å². The molecule has 1 aromatic carbocycles. The van der Waals surface area contributed by atoms with E-state index in [4.69, 9.17) is 0 Å². The van der Waals surface area contributed by atoms with Crippen LogP contribution in [0.3, 0.4) is 0 Å². The second kappa shape index (κ2) is 9.19. The van der Waals surface area contributed by atoms with Crippen molar-refractivity contribution in [3.8, 4) is 0 Å². The molecule has 0 bridgehead atoms. The predicted octanol–water partition coefficient (Wildman–Crippen LogP) is 1.99. The Bertz CT molecular complexity index is 906. The second-order valence-corrected chi connectivity index (χ2v) is 8.23. The number of amides is 2. The molecule has 0 unspecified atom stereocenters. The molecule has 0 aliphatic heterocycles. The summed E-state index contributed by atoms with van der Waals surface area (Å²) in [5.74, 6) is -0.0665. The van der Waals surface area contributed by atoms with Crippen LogP contribution in [0.4, 0.5) is 10.5 Å². The fraction of sp³-hybridized carbons (Fsp3) is 0.333. The average Bonchev–Trinajstić information content (AvgIpc) is 2.55. The van der Waals surface area contributed by atoms with Gasteiger partial charge in [0.2, 0.25) is 5.56 Å². The minimum absolute atomic E-state index is 0.0350. The number of pyridine rings is 1. The molecule has 1 aromatic heterocycles. The Hall–Kier alpha value is -2.61. The van der Waals surface area contributed by atoms with Crippen molar-refractivity contribution in [3.05, 3.63) is 64.6 Å². The first kappa shape index (κ1) is 19.7. The van der Waals surface area contributed by atoms with Crippen molar-refractivity contribution in [1.82, 2.24) is 9.88 Å². The van der Waals surface area contributed by atoms with E-state index in [1.54, 1.807) is 41.1 Å². The van der Waals surface area contributed by atoms with E-state index >= 15 is 0 Å². The molecule has 2 rings (SSSR count). The van der Waals surface area contributed by atoms with Gasteiger partial charge in [-0.2, -0.15) is 0 Å². The summed E-state index contributed by atoms with van der Waals surface area (Å²) >= 11 is 0. The highest BCUT2D eigenvalue weighted by atomic mass is 32.2. The SMILES string of the molecule is CS(=O)(=O)Cc1cccc(NC(=O)NCCCCn2ccccc2=O)c1. The second-order valence-electron chi connectivity index (χ2n) is 6.09. The monoisotopic (exact) mass is 377 g/mol. The molecular weight excluding hydrogens is 354 g/mol. The number of sulfone groups is 1. The molecule has 0 aliphatic rings. The Kier molecular flexibility index (Phi) is 6.97. The summed E-state index contributed by atoms with van der Waals surface area (Å²) in [7, 11) is -3.12. The lowest BCUT2D eigenvalue weighted by atomic mass is 10.2. The van der Waals surface area contributed by atoms with Crippen molar-refractivity contribution >= 4 is 21.6 Å². The molecule has 0 saturated carbocycles. The first-order valence-electron chi connectivity index (χ1n) is 8.30. The molecule has 1 heterocycles. The van der Waals surface area contributed by atoms with E-state index in [1.165, 1.54) is 12.3 Å². The number of aromatic nitrogens is 1. The lowest BCUT2D eigenvalue weighted by molar-refractivity contribution is 0.252. The molecule has 2 amide bonds. The Balaban J connectivity index is 1.73. The fourth-order valence-corrected chi connectivity index (χ4v) is 3.26. The quantitative estimate of drug-likeness (QED) is 0.688. The van der Waals surface area contributed by atoms with Crippen molar-refractivity contribution < 1.29 is 13.2 Å². The number of rotatable bonds is 8. The number of carbonyl (C=O) groups excluding carboxylic acids is 1. The molecule has 0 radical (unpaired) electrons. The van der Waals surface area contributed by atoms with Gasteiger partial charge in [0.25, 0.3) is 0 Å². The number of urea groups is 1. The van der Waals surface area contributed by atoms with Crippen LogP contribution in [0.2, 0.25) is 0 Å². The van der Waals surface area contributed by atoms with Crippen LogP contribution in [0.5, 0.6) is 0 Å². The summed E-state index contributed by atoms with van der Waals surface area (Å²) in [5.41, 5.74) is 1.13. The molecule has 0 fully saturated rings. The highest BCUT2D eigenvalue weighted by Crippen LogP contribution is 2.12. The third-order valence-corrected chi connectivity index (χ3v) is 4.48. The van der Waals surface area contributed by atoms with E-state index in [0.717, 1.165) is 12.8 Å². The van der Waals surface area contributed by atoms with Gasteiger partial charge in [0.15, 0.2) is 9.84 Å². The van der Waals surface area contributed by atoms with E-state index in [1.807, 2.05) is 6.07 Å². The van der Waals surface area contributed by atoms with Gasteiger partial charge in [-0.1, -0.05) is 18.2 Å². The Labute approximate surface area is 153 Å². The van der Waals surface area contributed by atoms with E-state index < -0.39 is 9.84 Å². The standard InChI is InChI=1S/C18H23N3O4S/c1-26(24,25)14-15-7-6-8-16(13-15)20-18(23)19-10-3-5-12-21-11-4-2-9-17(21)22/h2,4,6-9,11,13H,3,5,10,12,14H2,1H3,(H2,19,20,23). The molecule has 8 heteroatoms. The minimum Gasteiger partial charge on any atom is -0.338 e. The maximum absolute atomic E-state index is 11.9. The van der Waals surface area contributed by atoms with Gasteiger partial charge in [-0.25, -0.2) is 13.2 Å². The van der Waals surface area contributed by atoms with Gasteiger partial charge in [-0.05, 0) is 36.6 Å². The first-order valence-corrected chi connectivity index (χ1v) is 10.4. The van der Waals surface area contributed by atoms with Crippen LogP contribution in [-0.2, 0) is 22.1 Å². The van der Waals surface area contributed by atoms with Gasteiger partial charge in [-0.15, -0.1) is 0 Å². The van der Waals surface area contributed by atoms with Crippen LogP contribution in [0.25, 0.3) is 0 Å². The van der Waals surface area contributed by atoms with Gasteiger partial charge >= 0.3 is 6.03 Å². The molecule has 0 aliphatic carbocycles. The van der Waals surface area contributed by atoms with Crippen molar-refractivity contribution in [3.63, 3.8) is 0 Å². The number of unbranched alkanes of at least 4 members (excludes halogenated alkanes) is 1. The summed E-state index contributed by atoms with van der Waals surface area (Å²) in [6.07, 6.45) is 4.42. The largest absolute Gasteiger partial charge is 0.338 e. The average molecular weight is 377 g/mol. The summed E-state index contributed by atoms with van der Waals surface area (Å²) in [6, 6.07) is 11.4. The summed E-state index contributed by atoms with van der Waals surface area (Å²) in [6.45, 7) is 1.09. The molecule has 140 valence electrons. The topological polar surface area (TPSA) is 97.3 Å². The lowest BCUT2D eigenvalue weighted by Crippen LogP contribution is -2.29. The van der Waals surface area contributed by atoms with Crippen LogP contribution < -0.4 is 16.2 Å². The first-order chi connectivity index (χ1) is 12.3. The zero-order valence-corrected chi connectivity index (χ0v) is 15.5. The van der Waals surface area contributed by atoms with Crippen LogP contribution in [-0.4, -0.2) is 31.8 Å². The van der Waals surface area contributed by atoms with Crippen LogP contribution in [0.1, 0.15) is 18.4 Å². The van der Waals surface area contributed by atoms with E-state index in [0.29, 0.717) is 24.3 Å². The van der Waals surface area contributed by atoms with Gasteiger partial charge in [0, 0.05) is 37.3 Å². The zero-order chi connectivity index (χ0) is 19.0. The van der Waals surface area contributed by atoms with Gasteiger partial charge in [0.1, 0.15) is 0 Å². The maximum Gasteiger partial charge on any atom is 0.319 e. The Morgan fingerprint density at radius 2 is 1.92 bits per heavy atom. The number of aryl methyl sites for hydroxylation is 1. The third kappa shape index (κ3) is 7.10. The lowest BCUT2D eigenvalue weighted by Gasteiger charge is -2.09. The van der Waals surface area contributed by atoms with Crippen molar-refractivity contribution in [2.24, 2.45) is 0 Å². The zero-order valence-electron chi connectivity index (χ0n) is 14.6. The molecular formula is C18H23N3O4S. The summed E-state index contributed by atoms with van der Waals surface area (Å²) in [4.78, 5) is 23.5. The summed E-state index contributed by atoms with van der Waals surface area (Å²) in [5, 5.41) is 5.43. The molecule has 26 heavy (non-hydrogen) atoms.